The van der Waals surface area contributed by atoms with E-state index in [0.29, 0.717) is 5.75 Å². The van der Waals surface area contributed by atoms with Gasteiger partial charge in [0.25, 0.3) is 0 Å². The van der Waals surface area contributed by atoms with Gasteiger partial charge >= 0.3 is 0 Å². The molecule has 2 atom stereocenters. The van der Waals surface area contributed by atoms with Crippen LogP contribution in [0.25, 0.3) is 0 Å². The summed E-state index contributed by atoms with van der Waals surface area (Å²) in [6, 6.07) is 0.173. The van der Waals surface area contributed by atoms with E-state index in [1.54, 1.807) is 7.05 Å². The molecule has 0 aliphatic rings. The van der Waals surface area contributed by atoms with Gasteiger partial charge in [-0.05, 0) is 14.1 Å². The first-order valence-corrected chi connectivity index (χ1v) is 5.86. The average molecular weight is 241 g/mol. The number of nitrogens with one attached hydrogen (secondary N) is 3. The van der Waals surface area contributed by atoms with E-state index in [1.165, 1.54) is 0 Å². The van der Waals surface area contributed by atoms with Gasteiger partial charge in [0.15, 0.2) is 5.79 Å². The molecule has 0 rings (SSSR count). The lowest BCUT2D eigenvalue weighted by atomic mass is 10.2. The van der Waals surface area contributed by atoms with Gasteiger partial charge in [-0.1, -0.05) is 0 Å². The molecule has 0 unspecified atom stereocenters. The summed E-state index contributed by atoms with van der Waals surface area (Å²) in [5, 5.41) is 8.70. The largest absolute Gasteiger partial charge is 0.318 e. The number of hydrogen-bond donors (Lipinski definition) is 5. The van der Waals surface area contributed by atoms with E-state index in [-0.39, 0.29) is 18.3 Å². The Bertz CT molecular complexity index is 145. The van der Waals surface area contributed by atoms with Crippen LogP contribution in [0.4, 0.5) is 4.39 Å². The number of thiol groups is 2. The topological polar surface area (TPSA) is 36.1 Å². The van der Waals surface area contributed by atoms with Crippen molar-refractivity contribution in [2.75, 3.05) is 38.7 Å². The quantitative estimate of drug-likeness (QED) is 0.304. The molecule has 0 aliphatic heterocycles. The molecular formula is C8H20FN3S2. The molecule has 0 aliphatic carbocycles. The van der Waals surface area contributed by atoms with E-state index in [9.17, 15) is 4.39 Å². The summed E-state index contributed by atoms with van der Waals surface area (Å²) in [7, 11) is 3.45. The molecule has 0 aromatic heterocycles. The highest BCUT2D eigenvalue weighted by Gasteiger charge is 2.25. The van der Waals surface area contributed by atoms with Gasteiger partial charge < -0.3 is 10.6 Å². The second kappa shape index (κ2) is 7.76. The van der Waals surface area contributed by atoms with Crippen LogP contribution >= 0.6 is 25.3 Å². The van der Waals surface area contributed by atoms with Crippen molar-refractivity contribution in [1.82, 2.24) is 16.0 Å². The molecule has 0 aromatic carbocycles. The van der Waals surface area contributed by atoms with Crippen LogP contribution < -0.4 is 16.0 Å². The maximum absolute atomic E-state index is 13.7. The number of hydrogen-bond acceptors (Lipinski definition) is 5. The third-order valence-corrected chi connectivity index (χ3v) is 2.98. The van der Waals surface area contributed by atoms with Crippen molar-refractivity contribution in [1.29, 1.82) is 0 Å². The minimum absolute atomic E-state index is 0.148. The molecule has 6 heteroatoms. The fraction of sp³-hybridized carbons (Fsp3) is 1.00. The zero-order chi connectivity index (χ0) is 11.0. The van der Waals surface area contributed by atoms with Gasteiger partial charge in [0.2, 0.25) is 0 Å². The van der Waals surface area contributed by atoms with Gasteiger partial charge in [0.1, 0.15) is 0 Å². The Morgan fingerprint density at radius 3 is 2.36 bits per heavy atom. The van der Waals surface area contributed by atoms with Crippen molar-refractivity contribution < 1.29 is 4.39 Å². The SMILES string of the molecule is CNC[C@@H](CS)NC[C@@](F)(CS)NC. The van der Waals surface area contributed by atoms with E-state index >= 15 is 0 Å². The Labute approximate surface area is 96.4 Å². The second-order valence-electron chi connectivity index (χ2n) is 3.19. The molecule has 0 fully saturated rings. The minimum atomic E-state index is -1.45. The molecule has 0 spiro atoms. The Kier molecular flexibility index (Phi) is 8.04. The highest BCUT2D eigenvalue weighted by molar-refractivity contribution is 7.80. The Morgan fingerprint density at radius 2 is 2.00 bits per heavy atom. The standard InChI is InChI=1S/C8H20FN3S2/c1-10-3-7(4-13)12-5-8(9,6-14)11-2/h7,10-14H,3-6H2,1-2H3/t7-,8-/m0/s1. The maximum atomic E-state index is 13.7. The molecule has 0 bridgehead atoms. The lowest BCUT2D eigenvalue weighted by Crippen LogP contribution is -2.53. The Balaban J connectivity index is 3.87. The molecule has 3 N–H and O–H groups in total. The first-order chi connectivity index (χ1) is 6.61. The van der Waals surface area contributed by atoms with Gasteiger partial charge in [-0.25, -0.2) is 4.39 Å². The van der Waals surface area contributed by atoms with Crippen molar-refractivity contribution in [3.63, 3.8) is 0 Å². The zero-order valence-corrected chi connectivity index (χ0v) is 10.5. The first-order valence-electron chi connectivity index (χ1n) is 4.59. The molecule has 0 aromatic rings. The van der Waals surface area contributed by atoms with Crippen LogP contribution in [0.1, 0.15) is 0 Å². The van der Waals surface area contributed by atoms with Crippen LogP contribution in [0, 0.1) is 0 Å². The van der Waals surface area contributed by atoms with E-state index in [4.69, 9.17) is 0 Å². The average Bonchev–Trinajstić information content (AvgIpc) is 2.23. The number of alkyl halides is 1. The summed E-state index contributed by atoms with van der Waals surface area (Å²) in [4.78, 5) is 0. The van der Waals surface area contributed by atoms with Crippen molar-refractivity contribution in [2.45, 2.75) is 11.8 Å². The number of rotatable bonds is 8. The van der Waals surface area contributed by atoms with E-state index < -0.39 is 5.79 Å². The van der Waals surface area contributed by atoms with Crippen molar-refractivity contribution >= 4 is 25.3 Å². The monoisotopic (exact) mass is 241 g/mol. The number of likely N-dealkylation sites (N-methyl/N-ethyl adjacent to an activating group) is 2. The normalized spacial score (nSPS) is 17.8. The van der Waals surface area contributed by atoms with E-state index in [1.807, 2.05) is 7.05 Å². The highest BCUT2D eigenvalue weighted by Crippen LogP contribution is 2.07. The number of halogens is 1. The predicted octanol–water partition coefficient (Wildman–Crippen LogP) is -0.0912. The van der Waals surface area contributed by atoms with Crippen molar-refractivity contribution in [3.05, 3.63) is 0 Å². The summed E-state index contributed by atoms with van der Waals surface area (Å²) in [6.45, 7) is 1.01. The Morgan fingerprint density at radius 1 is 1.36 bits per heavy atom. The molecule has 86 valence electrons. The summed E-state index contributed by atoms with van der Waals surface area (Å²) in [5.41, 5.74) is 0. The first kappa shape index (κ1) is 14.5. The highest BCUT2D eigenvalue weighted by atomic mass is 32.1. The van der Waals surface area contributed by atoms with Crippen LogP contribution in [-0.2, 0) is 0 Å². The minimum Gasteiger partial charge on any atom is -0.318 e. The third kappa shape index (κ3) is 5.41. The summed E-state index contributed by atoms with van der Waals surface area (Å²) >= 11 is 8.13. The van der Waals surface area contributed by atoms with E-state index in [0.717, 1.165) is 6.54 Å². The maximum Gasteiger partial charge on any atom is 0.182 e. The van der Waals surface area contributed by atoms with Crippen molar-refractivity contribution in [2.24, 2.45) is 0 Å². The third-order valence-electron chi connectivity index (χ3n) is 2.04. The molecular weight excluding hydrogens is 221 g/mol. The van der Waals surface area contributed by atoms with Crippen LogP contribution in [0.5, 0.6) is 0 Å². The molecule has 0 radical (unpaired) electrons. The van der Waals surface area contributed by atoms with Gasteiger partial charge in [-0.15, -0.1) is 0 Å². The molecule has 0 amide bonds. The smallest absolute Gasteiger partial charge is 0.182 e. The lowest BCUT2D eigenvalue weighted by Gasteiger charge is -2.26. The van der Waals surface area contributed by atoms with Gasteiger partial charge in [-0.3, -0.25) is 5.32 Å². The zero-order valence-electron chi connectivity index (χ0n) is 8.68. The second-order valence-corrected chi connectivity index (χ2v) is 3.87. The Hall–Kier alpha value is 0.510. The van der Waals surface area contributed by atoms with Crippen molar-refractivity contribution in [3.8, 4) is 0 Å². The van der Waals surface area contributed by atoms with Crippen LogP contribution in [0.2, 0.25) is 0 Å². The summed E-state index contributed by atoms with van der Waals surface area (Å²) in [5.74, 6) is -0.624. The molecule has 3 nitrogen and oxygen atoms in total. The van der Waals surface area contributed by atoms with E-state index in [2.05, 4.69) is 41.2 Å². The van der Waals surface area contributed by atoms with Crippen LogP contribution in [-0.4, -0.2) is 50.5 Å². The molecule has 14 heavy (non-hydrogen) atoms. The molecule has 0 saturated heterocycles. The lowest BCUT2D eigenvalue weighted by molar-refractivity contribution is 0.150. The van der Waals surface area contributed by atoms with Crippen LogP contribution in [0.15, 0.2) is 0 Å². The molecule has 0 heterocycles. The fourth-order valence-electron chi connectivity index (χ4n) is 0.977. The van der Waals surface area contributed by atoms with Crippen LogP contribution in [0.3, 0.4) is 0 Å². The fourth-order valence-corrected chi connectivity index (χ4v) is 1.51. The van der Waals surface area contributed by atoms with Gasteiger partial charge in [0.05, 0.1) is 0 Å². The predicted molar refractivity (Wildman–Crippen MR) is 66.3 cm³/mol. The molecule has 0 saturated carbocycles. The van der Waals surface area contributed by atoms with Gasteiger partial charge in [0, 0.05) is 30.6 Å². The summed E-state index contributed by atoms with van der Waals surface area (Å²) < 4.78 is 13.7. The summed E-state index contributed by atoms with van der Waals surface area (Å²) in [6.07, 6.45) is 0. The van der Waals surface area contributed by atoms with Gasteiger partial charge in [-0.2, -0.15) is 25.3 Å².